The topological polar surface area (TPSA) is 87.7 Å². The van der Waals surface area contributed by atoms with Crippen molar-refractivity contribution in [1.82, 2.24) is 30.3 Å². The molecule has 1 aliphatic carbocycles. The molecule has 1 N–H and O–H groups in total. The van der Waals surface area contributed by atoms with Crippen LogP contribution < -0.4 is 0 Å². The maximum absolute atomic E-state index is 12.8. The number of rotatable bonds is 2. The Balaban J connectivity index is 1.65. The Morgan fingerprint density at radius 3 is 3.17 bits per heavy atom. The molecule has 0 saturated carbocycles. The van der Waals surface area contributed by atoms with E-state index in [4.69, 9.17) is 0 Å². The zero-order valence-electron chi connectivity index (χ0n) is 12.9. The lowest BCUT2D eigenvalue weighted by Crippen LogP contribution is -2.32. The summed E-state index contributed by atoms with van der Waals surface area (Å²) in [6.45, 7) is 2.02. The Hall–Kier alpha value is -2.35. The van der Waals surface area contributed by atoms with Crippen molar-refractivity contribution in [2.24, 2.45) is 0 Å². The number of aromatic nitrogens is 5. The highest BCUT2D eigenvalue weighted by molar-refractivity contribution is 7.11. The SMILES string of the molecule is Cc1nc2c(s1)C(N(C)C(=O)c1cnc3n[nH]nc3c1)CCC2. The lowest BCUT2D eigenvalue weighted by molar-refractivity contribution is 0.0717. The number of thiazole rings is 1. The van der Waals surface area contributed by atoms with E-state index in [0.717, 1.165) is 30.0 Å². The molecule has 7 nitrogen and oxygen atoms in total. The summed E-state index contributed by atoms with van der Waals surface area (Å²) in [4.78, 5) is 24.6. The Labute approximate surface area is 136 Å². The van der Waals surface area contributed by atoms with Crippen molar-refractivity contribution in [2.45, 2.75) is 32.2 Å². The van der Waals surface area contributed by atoms with Crippen molar-refractivity contribution < 1.29 is 4.79 Å². The predicted octanol–water partition coefficient (Wildman–Crippen LogP) is 2.27. The maximum atomic E-state index is 12.8. The molecule has 1 unspecified atom stereocenters. The Bertz CT molecular complexity index is 885. The molecular formula is C15H16N6OS. The van der Waals surface area contributed by atoms with Crippen molar-refractivity contribution in [2.75, 3.05) is 7.05 Å². The predicted molar refractivity (Wildman–Crippen MR) is 86.3 cm³/mol. The van der Waals surface area contributed by atoms with Crippen LogP contribution in [0.1, 0.15) is 44.8 Å². The van der Waals surface area contributed by atoms with Crippen LogP contribution in [0.4, 0.5) is 0 Å². The molecule has 8 heteroatoms. The summed E-state index contributed by atoms with van der Waals surface area (Å²) in [5, 5.41) is 11.5. The average Bonchev–Trinajstić information content (AvgIpc) is 3.17. The van der Waals surface area contributed by atoms with E-state index in [-0.39, 0.29) is 11.9 Å². The van der Waals surface area contributed by atoms with Gasteiger partial charge in [0, 0.05) is 13.2 Å². The van der Waals surface area contributed by atoms with Gasteiger partial charge in [0.1, 0.15) is 5.52 Å². The molecule has 118 valence electrons. The van der Waals surface area contributed by atoms with Gasteiger partial charge < -0.3 is 4.90 Å². The monoisotopic (exact) mass is 328 g/mol. The van der Waals surface area contributed by atoms with Crippen LogP contribution in [-0.4, -0.2) is 43.2 Å². The first-order valence-electron chi connectivity index (χ1n) is 7.53. The largest absolute Gasteiger partial charge is 0.334 e. The van der Waals surface area contributed by atoms with Gasteiger partial charge in [-0.15, -0.1) is 16.4 Å². The van der Waals surface area contributed by atoms with Gasteiger partial charge in [-0.2, -0.15) is 10.3 Å². The third kappa shape index (κ3) is 2.39. The molecule has 1 atom stereocenters. The third-order valence-corrected chi connectivity index (χ3v) is 5.35. The zero-order valence-corrected chi connectivity index (χ0v) is 13.7. The maximum Gasteiger partial charge on any atom is 0.255 e. The first-order chi connectivity index (χ1) is 11.1. The highest BCUT2D eigenvalue weighted by Gasteiger charge is 2.30. The van der Waals surface area contributed by atoms with Crippen molar-refractivity contribution in [3.8, 4) is 0 Å². The second-order valence-electron chi connectivity index (χ2n) is 5.76. The van der Waals surface area contributed by atoms with E-state index in [1.807, 2.05) is 14.0 Å². The van der Waals surface area contributed by atoms with Crippen LogP contribution in [0.25, 0.3) is 11.2 Å². The minimum absolute atomic E-state index is 0.0497. The number of aryl methyl sites for hydroxylation is 2. The number of fused-ring (bicyclic) bond motifs is 2. The minimum Gasteiger partial charge on any atom is -0.334 e. The number of nitrogens with zero attached hydrogens (tertiary/aromatic N) is 5. The molecule has 0 aliphatic heterocycles. The Morgan fingerprint density at radius 2 is 2.30 bits per heavy atom. The van der Waals surface area contributed by atoms with Crippen LogP contribution in [0.5, 0.6) is 0 Å². The van der Waals surface area contributed by atoms with Gasteiger partial charge in [0.05, 0.1) is 27.2 Å². The van der Waals surface area contributed by atoms with Gasteiger partial charge in [-0.1, -0.05) is 0 Å². The Morgan fingerprint density at radius 1 is 1.43 bits per heavy atom. The number of amides is 1. The molecule has 4 rings (SSSR count). The molecule has 0 saturated heterocycles. The van der Waals surface area contributed by atoms with Gasteiger partial charge in [0.25, 0.3) is 5.91 Å². The fourth-order valence-corrected chi connectivity index (χ4v) is 4.24. The van der Waals surface area contributed by atoms with Crippen molar-refractivity contribution in [3.05, 3.63) is 33.4 Å². The molecule has 0 radical (unpaired) electrons. The summed E-state index contributed by atoms with van der Waals surface area (Å²) >= 11 is 1.70. The van der Waals surface area contributed by atoms with E-state index in [2.05, 4.69) is 25.4 Å². The zero-order chi connectivity index (χ0) is 16.0. The third-order valence-electron chi connectivity index (χ3n) is 4.24. The number of carbonyl (C=O) groups is 1. The van der Waals surface area contributed by atoms with Gasteiger partial charge in [-0.05, 0) is 32.3 Å². The molecule has 3 aromatic rings. The number of pyridine rings is 1. The number of H-pyrrole nitrogens is 1. The second-order valence-corrected chi connectivity index (χ2v) is 6.99. The van der Waals surface area contributed by atoms with Crippen LogP contribution in [0, 0.1) is 6.92 Å². The highest BCUT2D eigenvalue weighted by Crippen LogP contribution is 2.37. The van der Waals surface area contributed by atoms with Crippen molar-refractivity contribution in [1.29, 1.82) is 0 Å². The van der Waals surface area contributed by atoms with Crippen LogP contribution in [-0.2, 0) is 6.42 Å². The number of carbonyl (C=O) groups excluding carboxylic acids is 1. The van der Waals surface area contributed by atoms with Gasteiger partial charge in [0.15, 0.2) is 0 Å². The second kappa shape index (κ2) is 5.38. The van der Waals surface area contributed by atoms with E-state index >= 15 is 0 Å². The molecular weight excluding hydrogens is 312 g/mol. The van der Waals surface area contributed by atoms with E-state index in [0.29, 0.717) is 16.7 Å². The lowest BCUT2D eigenvalue weighted by atomic mass is 9.96. The summed E-state index contributed by atoms with van der Waals surface area (Å²) in [7, 11) is 1.85. The van der Waals surface area contributed by atoms with Gasteiger partial charge in [-0.25, -0.2) is 9.97 Å². The van der Waals surface area contributed by atoms with E-state index in [9.17, 15) is 4.79 Å². The quantitative estimate of drug-likeness (QED) is 0.779. The molecule has 0 fully saturated rings. The molecule has 0 spiro atoms. The first-order valence-corrected chi connectivity index (χ1v) is 8.35. The Kier molecular flexibility index (Phi) is 3.33. The van der Waals surface area contributed by atoms with Crippen molar-refractivity contribution >= 4 is 28.4 Å². The summed E-state index contributed by atoms with van der Waals surface area (Å²) < 4.78 is 0. The van der Waals surface area contributed by atoms with Crippen LogP contribution in [0.3, 0.4) is 0 Å². The molecule has 0 bridgehead atoms. The molecule has 3 heterocycles. The molecule has 3 aromatic heterocycles. The van der Waals surface area contributed by atoms with Gasteiger partial charge in [-0.3, -0.25) is 4.79 Å². The van der Waals surface area contributed by atoms with Crippen LogP contribution in [0.15, 0.2) is 12.3 Å². The molecule has 1 amide bonds. The van der Waals surface area contributed by atoms with E-state index in [1.165, 1.54) is 4.88 Å². The summed E-state index contributed by atoms with van der Waals surface area (Å²) in [6, 6.07) is 1.82. The molecule has 1 aliphatic rings. The summed E-state index contributed by atoms with van der Waals surface area (Å²) in [5.41, 5.74) is 2.79. The minimum atomic E-state index is -0.0497. The molecule has 23 heavy (non-hydrogen) atoms. The van der Waals surface area contributed by atoms with Crippen LogP contribution in [0.2, 0.25) is 0 Å². The van der Waals surface area contributed by atoms with Crippen LogP contribution >= 0.6 is 11.3 Å². The van der Waals surface area contributed by atoms with Crippen molar-refractivity contribution in [3.63, 3.8) is 0 Å². The number of hydrogen-bond acceptors (Lipinski definition) is 6. The normalized spacial score (nSPS) is 17.2. The lowest BCUT2D eigenvalue weighted by Gasteiger charge is -2.30. The summed E-state index contributed by atoms with van der Waals surface area (Å²) in [6.07, 6.45) is 4.59. The molecule has 0 aromatic carbocycles. The first kappa shape index (κ1) is 14.3. The fourth-order valence-electron chi connectivity index (χ4n) is 3.09. The number of hydrogen-bond donors (Lipinski definition) is 1. The van der Waals surface area contributed by atoms with E-state index in [1.54, 1.807) is 28.5 Å². The van der Waals surface area contributed by atoms with Gasteiger partial charge in [0.2, 0.25) is 5.65 Å². The number of nitrogens with one attached hydrogen (secondary N) is 1. The van der Waals surface area contributed by atoms with E-state index < -0.39 is 0 Å². The van der Waals surface area contributed by atoms with Gasteiger partial charge >= 0.3 is 0 Å². The highest BCUT2D eigenvalue weighted by atomic mass is 32.1. The standard InChI is InChI=1S/C15H16N6OS/c1-8-17-10-4-3-5-12(13(10)23-8)21(2)15(22)9-6-11-14(16-7-9)19-20-18-11/h6-7,12H,3-5H2,1-2H3,(H,16,18,19,20). The fraction of sp³-hybridized carbons (Fsp3) is 0.400. The summed E-state index contributed by atoms with van der Waals surface area (Å²) in [5.74, 6) is -0.0497. The number of aromatic amines is 1. The smallest absolute Gasteiger partial charge is 0.255 e. The average molecular weight is 328 g/mol.